The zero-order chi connectivity index (χ0) is 18.0. The Hall–Kier alpha value is -3.35. The number of cyclic esters (lactones) is 1. The molecule has 7 heteroatoms. The molecule has 7 nitrogen and oxygen atoms in total. The van der Waals surface area contributed by atoms with Gasteiger partial charge < -0.3 is 15.2 Å². The third-order valence-corrected chi connectivity index (χ3v) is 3.99. The molecule has 25 heavy (non-hydrogen) atoms. The highest BCUT2D eigenvalue weighted by Gasteiger charge is 2.31. The number of nitrogens with zero attached hydrogens (tertiary/aromatic N) is 1. The molecule has 0 bridgehead atoms. The second-order valence-corrected chi connectivity index (χ2v) is 5.71. The molecule has 2 aromatic carbocycles. The summed E-state index contributed by atoms with van der Waals surface area (Å²) in [4.78, 5) is 22.1. The summed E-state index contributed by atoms with van der Waals surface area (Å²) in [5.41, 5.74) is 1.63. The number of nitro groups is 1. The van der Waals surface area contributed by atoms with Gasteiger partial charge in [-0.15, -0.1) is 0 Å². The maximum atomic E-state index is 11.7. The summed E-state index contributed by atoms with van der Waals surface area (Å²) < 4.78 is 5.37. The number of esters is 1. The number of phenols is 1. The average molecular weight is 340 g/mol. The molecular formula is C18H16N2O5. The monoisotopic (exact) mass is 340 g/mol. The lowest BCUT2D eigenvalue weighted by Gasteiger charge is -2.25. The minimum absolute atomic E-state index is 0.0276. The first-order chi connectivity index (χ1) is 12.0. The maximum Gasteiger partial charge on any atom is 0.334 e. The molecule has 0 unspecified atom stereocenters. The number of carbonyl (C=O) groups excluding carboxylic acids is 1. The smallest absolute Gasteiger partial charge is 0.334 e. The van der Waals surface area contributed by atoms with E-state index >= 15 is 0 Å². The fraction of sp³-hybridized carbons (Fsp3) is 0.167. The topological polar surface area (TPSA) is 102 Å². The number of carbonyl (C=O) groups is 1. The number of non-ortho nitro benzene ring substituents is 1. The van der Waals surface area contributed by atoms with Gasteiger partial charge in [0, 0.05) is 17.7 Å². The summed E-state index contributed by atoms with van der Waals surface area (Å²) in [6, 6.07) is 12.2. The molecule has 1 aliphatic heterocycles. The molecule has 1 aliphatic rings. The van der Waals surface area contributed by atoms with Crippen molar-refractivity contribution in [2.24, 2.45) is 0 Å². The van der Waals surface area contributed by atoms with Crippen LogP contribution < -0.4 is 5.32 Å². The number of hydrogen-bond acceptors (Lipinski definition) is 6. The molecule has 128 valence electrons. The Labute approximate surface area is 143 Å². The van der Waals surface area contributed by atoms with Crippen molar-refractivity contribution in [3.63, 3.8) is 0 Å². The number of nitro benzene ring substituents is 1. The highest BCUT2D eigenvalue weighted by Crippen LogP contribution is 2.33. The Morgan fingerprint density at radius 1 is 1.20 bits per heavy atom. The molecule has 2 atom stereocenters. The third kappa shape index (κ3) is 3.45. The molecule has 1 heterocycles. The predicted octanol–water partition coefficient (Wildman–Crippen LogP) is 3.33. The van der Waals surface area contributed by atoms with E-state index in [1.807, 2.05) is 0 Å². The van der Waals surface area contributed by atoms with E-state index in [-0.39, 0.29) is 11.4 Å². The van der Waals surface area contributed by atoms with Crippen LogP contribution in [-0.4, -0.2) is 22.1 Å². The normalized spacial score (nSPS) is 17.6. The molecular weight excluding hydrogens is 324 g/mol. The Morgan fingerprint density at radius 3 is 2.44 bits per heavy atom. The first-order valence-electron chi connectivity index (χ1n) is 7.64. The number of benzene rings is 2. The number of para-hydroxylation sites is 2. The van der Waals surface area contributed by atoms with Gasteiger partial charge in [0.15, 0.2) is 0 Å². The van der Waals surface area contributed by atoms with Gasteiger partial charge in [-0.3, -0.25) is 10.1 Å². The number of hydrogen-bond donors (Lipinski definition) is 2. The molecule has 0 saturated carbocycles. The number of phenolic OH excluding ortho intramolecular Hbond substituents is 1. The average Bonchev–Trinajstić information content (AvgIpc) is 2.93. The summed E-state index contributed by atoms with van der Waals surface area (Å²) in [7, 11) is 0. The van der Waals surface area contributed by atoms with Crippen molar-refractivity contribution in [1.82, 2.24) is 0 Å². The lowest BCUT2D eigenvalue weighted by molar-refractivity contribution is -0.384. The van der Waals surface area contributed by atoms with Crippen molar-refractivity contribution in [1.29, 1.82) is 0 Å². The minimum Gasteiger partial charge on any atom is -0.506 e. The van der Waals surface area contributed by atoms with Crippen molar-refractivity contribution in [2.75, 3.05) is 5.32 Å². The van der Waals surface area contributed by atoms with E-state index in [4.69, 9.17) is 4.74 Å². The van der Waals surface area contributed by atoms with E-state index in [0.29, 0.717) is 16.8 Å². The Morgan fingerprint density at radius 2 is 1.88 bits per heavy atom. The van der Waals surface area contributed by atoms with E-state index in [0.717, 1.165) is 0 Å². The SMILES string of the molecule is CC1=C[C@@H]([C@@H](Nc2ccccc2O)c2ccc([N+](=O)[O-])cc2)OC1=O. The number of aromatic hydroxyl groups is 1. The summed E-state index contributed by atoms with van der Waals surface area (Å²) in [5, 5.41) is 24.0. The molecule has 3 rings (SSSR count). The molecule has 0 aromatic heterocycles. The molecule has 2 N–H and O–H groups in total. The predicted molar refractivity (Wildman–Crippen MR) is 91.2 cm³/mol. The zero-order valence-corrected chi connectivity index (χ0v) is 13.4. The van der Waals surface area contributed by atoms with Gasteiger partial charge in [-0.1, -0.05) is 12.1 Å². The van der Waals surface area contributed by atoms with Crippen molar-refractivity contribution < 1.29 is 19.6 Å². The molecule has 2 aromatic rings. The second-order valence-electron chi connectivity index (χ2n) is 5.71. The third-order valence-electron chi connectivity index (χ3n) is 3.99. The fourth-order valence-electron chi connectivity index (χ4n) is 2.65. The lowest BCUT2D eigenvalue weighted by atomic mass is 9.99. The summed E-state index contributed by atoms with van der Waals surface area (Å²) in [6.45, 7) is 1.66. The van der Waals surface area contributed by atoms with Crippen LogP contribution in [0.3, 0.4) is 0 Å². The van der Waals surface area contributed by atoms with Crippen LogP contribution in [0, 0.1) is 10.1 Å². The first-order valence-corrected chi connectivity index (χ1v) is 7.64. The van der Waals surface area contributed by atoms with Crippen LogP contribution in [0.4, 0.5) is 11.4 Å². The number of nitrogens with one attached hydrogen (secondary N) is 1. The van der Waals surface area contributed by atoms with Crippen molar-refractivity contribution in [2.45, 2.75) is 19.1 Å². The molecule has 0 aliphatic carbocycles. The van der Waals surface area contributed by atoms with Crippen molar-refractivity contribution >= 4 is 17.3 Å². The summed E-state index contributed by atoms with van der Waals surface area (Å²) >= 11 is 0. The van der Waals surface area contributed by atoms with Gasteiger partial charge in [-0.2, -0.15) is 0 Å². The van der Waals surface area contributed by atoms with Gasteiger partial charge >= 0.3 is 5.97 Å². The second kappa shape index (κ2) is 6.64. The van der Waals surface area contributed by atoms with E-state index in [1.165, 1.54) is 18.2 Å². The number of rotatable bonds is 5. The van der Waals surface area contributed by atoms with Gasteiger partial charge in [0.1, 0.15) is 11.9 Å². The van der Waals surface area contributed by atoms with E-state index < -0.39 is 23.0 Å². The van der Waals surface area contributed by atoms with Gasteiger partial charge in [0.25, 0.3) is 5.69 Å². The highest BCUT2D eigenvalue weighted by molar-refractivity contribution is 5.90. The number of anilines is 1. The largest absolute Gasteiger partial charge is 0.506 e. The van der Waals surface area contributed by atoms with Crippen molar-refractivity contribution in [3.8, 4) is 5.75 Å². The lowest BCUT2D eigenvalue weighted by Crippen LogP contribution is -2.25. The molecule has 0 spiro atoms. The minimum atomic E-state index is -0.589. The summed E-state index contributed by atoms with van der Waals surface area (Å²) in [6.07, 6.45) is 1.11. The zero-order valence-electron chi connectivity index (χ0n) is 13.4. The molecule has 0 saturated heterocycles. The van der Waals surface area contributed by atoms with Crippen LogP contribution in [0.2, 0.25) is 0 Å². The van der Waals surface area contributed by atoms with Gasteiger partial charge in [0.2, 0.25) is 0 Å². The summed E-state index contributed by atoms with van der Waals surface area (Å²) in [5.74, 6) is -0.351. The van der Waals surface area contributed by atoms with E-state index in [1.54, 1.807) is 43.3 Å². The van der Waals surface area contributed by atoms with Crippen LogP contribution in [0.5, 0.6) is 5.75 Å². The molecule has 0 amide bonds. The van der Waals surface area contributed by atoms with Crippen LogP contribution >= 0.6 is 0 Å². The fourth-order valence-corrected chi connectivity index (χ4v) is 2.65. The van der Waals surface area contributed by atoms with Gasteiger partial charge in [-0.25, -0.2) is 4.79 Å². The first kappa shape index (κ1) is 16.5. The van der Waals surface area contributed by atoms with Crippen LogP contribution in [0.25, 0.3) is 0 Å². The molecule has 0 radical (unpaired) electrons. The molecule has 0 fully saturated rings. The Bertz CT molecular complexity index is 845. The van der Waals surface area contributed by atoms with E-state index in [2.05, 4.69) is 5.32 Å². The standard InChI is InChI=1S/C18H16N2O5/c1-11-10-16(25-18(11)22)17(19-14-4-2-3-5-15(14)21)12-6-8-13(9-7-12)20(23)24/h2-10,16-17,19,21H,1H3/t16-,17-/m0/s1. The van der Waals surface area contributed by atoms with Crippen LogP contribution in [-0.2, 0) is 9.53 Å². The van der Waals surface area contributed by atoms with Crippen molar-refractivity contribution in [3.05, 3.63) is 75.9 Å². The van der Waals surface area contributed by atoms with Gasteiger partial charge in [0.05, 0.1) is 16.7 Å². The van der Waals surface area contributed by atoms with Crippen LogP contribution in [0.1, 0.15) is 18.5 Å². The van der Waals surface area contributed by atoms with E-state index in [9.17, 15) is 20.0 Å². The van der Waals surface area contributed by atoms with Crippen LogP contribution in [0.15, 0.2) is 60.2 Å². The quantitative estimate of drug-likeness (QED) is 0.375. The maximum absolute atomic E-state index is 11.7. The number of ether oxygens (including phenoxy) is 1. The Balaban J connectivity index is 1.95. The van der Waals surface area contributed by atoms with Gasteiger partial charge in [-0.05, 0) is 42.8 Å². The Kier molecular flexibility index (Phi) is 4.38. The highest BCUT2D eigenvalue weighted by atomic mass is 16.6.